The number of carbonyl (C=O) groups excluding carboxylic acids is 1. The third-order valence-corrected chi connectivity index (χ3v) is 3.52. The molecule has 0 radical (unpaired) electrons. The Morgan fingerprint density at radius 2 is 2.15 bits per heavy atom. The molecule has 0 aliphatic carbocycles. The highest BCUT2D eigenvalue weighted by atomic mass is 19.1. The summed E-state index contributed by atoms with van der Waals surface area (Å²) in [5.74, 6) is -0.352. The van der Waals surface area contributed by atoms with Crippen LogP contribution < -0.4 is 5.32 Å². The van der Waals surface area contributed by atoms with Crippen LogP contribution in [0, 0.1) is 5.82 Å². The van der Waals surface area contributed by atoms with Crippen LogP contribution in [-0.4, -0.2) is 42.0 Å². The number of aromatic nitrogens is 1. The zero-order valence-electron chi connectivity index (χ0n) is 11.1. The van der Waals surface area contributed by atoms with Gasteiger partial charge in [0.15, 0.2) is 0 Å². The van der Waals surface area contributed by atoms with Crippen molar-refractivity contribution in [2.45, 2.75) is 6.42 Å². The van der Waals surface area contributed by atoms with Gasteiger partial charge >= 0.3 is 0 Å². The summed E-state index contributed by atoms with van der Waals surface area (Å²) in [4.78, 5) is 18.5. The van der Waals surface area contributed by atoms with E-state index >= 15 is 0 Å². The van der Waals surface area contributed by atoms with E-state index in [9.17, 15) is 9.18 Å². The number of amides is 1. The smallest absolute Gasteiger partial charge is 0.255 e. The van der Waals surface area contributed by atoms with Crippen LogP contribution in [0.3, 0.4) is 0 Å². The molecule has 0 atom stereocenters. The first-order valence-corrected chi connectivity index (χ1v) is 6.79. The Bertz CT molecular complexity index is 636. The van der Waals surface area contributed by atoms with Crippen LogP contribution in [0.1, 0.15) is 16.8 Å². The fourth-order valence-corrected chi connectivity index (χ4v) is 2.45. The van der Waals surface area contributed by atoms with Crippen LogP contribution in [0.4, 0.5) is 4.39 Å². The molecule has 20 heavy (non-hydrogen) atoms. The molecule has 2 aromatic rings. The lowest BCUT2D eigenvalue weighted by Gasteiger charge is -2.19. The maximum Gasteiger partial charge on any atom is 0.255 e. The van der Waals surface area contributed by atoms with E-state index in [1.165, 1.54) is 12.1 Å². The molecule has 2 heterocycles. The lowest BCUT2D eigenvalue weighted by Crippen LogP contribution is -2.34. The summed E-state index contributed by atoms with van der Waals surface area (Å²) in [5, 5.41) is 3.92. The number of hydrogen-bond acceptors (Lipinski definition) is 3. The monoisotopic (exact) mass is 273 g/mol. The van der Waals surface area contributed by atoms with Gasteiger partial charge in [-0.05, 0) is 37.2 Å². The van der Waals surface area contributed by atoms with Gasteiger partial charge in [-0.15, -0.1) is 0 Å². The molecule has 1 N–H and O–H groups in total. The highest BCUT2D eigenvalue weighted by Crippen LogP contribution is 2.16. The second-order valence-corrected chi connectivity index (χ2v) is 4.96. The topological polar surface area (TPSA) is 45.2 Å². The first-order valence-electron chi connectivity index (χ1n) is 6.79. The fourth-order valence-electron chi connectivity index (χ4n) is 2.45. The quantitative estimate of drug-likeness (QED) is 0.862. The van der Waals surface area contributed by atoms with Crippen LogP contribution in [0.2, 0.25) is 0 Å². The van der Waals surface area contributed by atoms with E-state index in [-0.39, 0.29) is 11.7 Å². The summed E-state index contributed by atoms with van der Waals surface area (Å²) in [6.45, 7) is 3.18. The second-order valence-electron chi connectivity index (χ2n) is 4.96. The van der Waals surface area contributed by atoms with Crippen LogP contribution in [0.5, 0.6) is 0 Å². The fraction of sp³-hybridized carbons (Fsp3) is 0.333. The van der Waals surface area contributed by atoms with Crippen molar-refractivity contribution in [3.63, 3.8) is 0 Å². The minimum Gasteiger partial charge on any atom is -0.337 e. The summed E-state index contributed by atoms with van der Waals surface area (Å²) in [7, 11) is 0. The van der Waals surface area contributed by atoms with Crippen molar-refractivity contribution in [2.75, 3.05) is 26.2 Å². The minimum atomic E-state index is -0.317. The average molecular weight is 273 g/mol. The number of halogens is 1. The van der Waals surface area contributed by atoms with Gasteiger partial charge in [0.2, 0.25) is 0 Å². The lowest BCUT2D eigenvalue weighted by molar-refractivity contribution is 0.0766. The number of rotatable bonds is 1. The summed E-state index contributed by atoms with van der Waals surface area (Å²) in [6, 6.07) is 6.11. The number of carbonyl (C=O) groups is 1. The number of fused-ring (bicyclic) bond motifs is 1. The number of pyridine rings is 1. The van der Waals surface area contributed by atoms with E-state index in [4.69, 9.17) is 0 Å². The van der Waals surface area contributed by atoms with Gasteiger partial charge < -0.3 is 10.2 Å². The Hall–Kier alpha value is -2.01. The van der Waals surface area contributed by atoms with Gasteiger partial charge in [0, 0.05) is 31.2 Å². The highest BCUT2D eigenvalue weighted by molar-refractivity contribution is 5.97. The number of benzene rings is 1. The van der Waals surface area contributed by atoms with Gasteiger partial charge in [0.25, 0.3) is 5.91 Å². The standard InChI is InChI=1S/C15H16FN3O/c16-13-2-3-14-11(9-13)8-12(10-18-14)15(20)19-6-1-4-17-5-7-19/h2-3,8-10,17H,1,4-7H2. The Morgan fingerprint density at radius 3 is 3.05 bits per heavy atom. The van der Waals surface area contributed by atoms with E-state index in [1.54, 1.807) is 18.3 Å². The van der Waals surface area contributed by atoms with Crippen LogP contribution in [0.15, 0.2) is 30.5 Å². The molecule has 1 fully saturated rings. The van der Waals surface area contributed by atoms with E-state index in [0.29, 0.717) is 23.0 Å². The van der Waals surface area contributed by atoms with Crippen LogP contribution in [0.25, 0.3) is 10.9 Å². The SMILES string of the molecule is O=C(c1cnc2ccc(F)cc2c1)N1CCCNCC1. The number of hydrogen-bond donors (Lipinski definition) is 1. The molecule has 0 bridgehead atoms. The molecule has 0 unspecified atom stereocenters. The maximum absolute atomic E-state index is 13.2. The molecular formula is C15H16FN3O. The van der Waals surface area contributed by atoms with Gasteiger partial charge in [-0.2, -0.15) is 0 Å². The molecule has 5 heteroatoms. The van der Waals surface area contributed by atoms with Gasteiger partial charge in [0.1, 0.15) is 5.82 Å². The van der Waals surface area contributed by atoms with Crippen molar-refractivity contribution < 1.29 is 9.18 Å². The predicted molar refractivity (Wildman–Crippen MR) is 75.1 cm³/mol. The van der Waals surface area contributed by atoms with E-state index in [2.05, 4.69) is 10.3 Å². The summed E-state index contributed by atoms with van der Waals surface area (Å²) < 4.78 is 13.2. The van der Waals surface area contributed by atoms with Gasteiger partial charge in [-0.3, -0.25) is 9.78 Å². The zero-order chi connectivity index (χ0) is 13.9. The van der Waals surface area contributed by atoms with E-state index in [1.807, 2.05) is 4.90 Å². The van der Waals surface area contributed by atoms with Crippen molar-refractivity contribution in [3.05, 3.63) is 41.8 Å². The predicted octanol–water partition coefficient (Wildman–Crippen LogP) is 1.81. The maximum atomic E-state index is 13.2. The molecule has 4 nitrogen and oxygen atoms in total. The van der Waals surface area contributed by atoms with Gasteiger partial charge in [-0.25, -0.2) is 4.39 Å². The lowest BCUT2D eigenvalue weighted by atomic mass is 10.1. The molecule has 1 aromatic heterocycles. The number of nitrogens with one attached hydrogen (secondary N) is 1. The molecule has 0 spiro atoms. The van der Waals surface area contributed by atoms with Gasteiger partial charge in [-0.1, -0.05) is 0 Å². The molecule has 1 aromatic carbocycles. The third-order valence-electron chi connectivity index (χ3n) is 3.52. The first-order chi connectivity index (χ1) is 9.74. The average Bonchev–Trinajstić information content (AvgIpc) is 2.74. The Kier molecular flexibility index (Phi) is 3.60. The molecule has 1 saturated heterocycles. The van der Waals surface area contributed by atoms with E-state index in [0.717, 1.165) is 26.1 Å². The van der Waals surface area contributed by atoms with Crippen molar-refractivity contribution in [1.82, 2.24) is 15.2 Å². The van der Waals surface area contributed by atoms with Crippen LogP contribution in [-0.2, 0) is 0 Å². The summed E-state index contributed by atoms with van der Waals surface area (Å²) >= 11 is 0. The van der Waals surface area contributed by atoms with Crippen molar-refractivity contribution >= 4 is 16.8 Å². The van der Waals surface area contributed by atoms with E-state index < -0.39 is 0 Å². The summed E-state index contributed by atoms with van der Waals surface area (Å²) in [5.41, 5.74) is 1.21. The molecule has 3 rings (SSSR count). The zero-order valence-corrected chi connectivity index (χ0v) is 11.1. The molecular weight excluding hydrogens is 257 g/mol. The molecule has 1 amide bonds. The molecule has 1 aliphatic rings. The van der Waals surface area contributed by atoms with Crippen molar-refractivity contribution in [2.24, 2.45) is 0 Å². The Morgan fingerprint density at radius 1 is 1.25 bits per heavy atom. The third kappa shape index (κ3) is 2.63. The van der Waals surface area contributed by atoms with Crippen molar-refractivity contribution in [1.29, 1.82) is 0 Å². The minimum absolute atomic E-state index is 0.0349. The molecule has 104 valence electrons. The normalized spacial score (nSPS) is 16.1. The molecule has 1 aliphatic heterocycles. The molecule has 0 saturated carbocycles. The second kappa shape index (κ2) is 5.54. The number of nitrogens with zero attached hydrogens (tertiary/aromatic N) is 2. The highest BCUT2D eigenvalue weighted by Gasteiger charge is 2.17. The Labute approximate surface area is 116 Å². The van der Waals surface area contributed by atoms with Crippen molar-refractivity contribution in [3.8, 4) is 0 Å². The first kappa shape index (κ1) is 13.0. The van der Waals surface area contributed by atoms with Gasteiger partial charge in [0.05, 0.1) is 11.1 Å². The Balaban J connectivity index is 1.90. The van der Waals surface area contributed by atoms with Crippen LogP contribution >= 0.6 is 0 Å². The summed E-state index contributed by atoms with van der Waals surface area (Å²) in [6.07, 6.45) is 2.52. The largest absolute Gasteiger partial charge is 0.337 e.